The second-order valence-electron chi connectivity index (χ2n) is 7.04. The maximum Gasteiger partial charge on any atom is 0.303 e. The highest BCUT2D eigenvalue weighted by atomic mass is 16.5. The number of carbonyl (C=O) groups excluding carboxylic acids is 3. The van der Waals surface area contributed by atoms with Gasteiger partial charge in [0.2, 0.25) is 5.78 Å². The van der Waals surface area contributed by atoms with E-state index in [-0.39, 0.29) is 38.8 Å². The molecule has 0 spiro atoms. The summed E-state index contributed by atoms with van der Waals surface area (Å²) in [5, 5.41) is 22.2. The minimum Gasteiger partial charge on any atom is -0.506 e. The highest BCUT2D eigenvalue weighted by molar-refractivity contribution is 6.33. The number of fused-ring (bicyclic) bond motifs is 3. The Morgan fingerprint density at radius 3 is 2.27 bits per heavy atom. The van der Waals surface area contributed by atoms with Crippen molar-refractivity contribution in [1.29, 1.82) is 0 Å². The highest BCUT2D eigenvalue weighted by Gasteiger charge is 2.38. The first-order chi connectivity index (χ1) is 14.3. The summed E-state index contributed by atoms with van der Waals surface area (Å²) < 4.78 is 10.4. The van der Waals surface area contributed by atoms with E-state index < -0.39 is 35.1 Å². The van der Waals surface area contributed by atoms with Crippen molar-refractivity contribution in [3.05, 3.63) is 64.2 Å². The Morgan fingerprint density at radius 2 is 1.60 bits per heavy atom. The Kier molecular flexibility index (Phi) is 4.46. The second kappa shape index (κ2) is 6.88. The largest absolute Gasteiger partial charge is 0.506 e. The number of rotatable bonds is 3. The molecule has 0 saturated carbocycles. The van der Waals surface area contributed by atoms with Gasteiger partial charge in [-0.05, 0) is 24.6 Å². The number of methoxy groups -OCH3 is 1. The second-order valence-corrected chi connectivity index (χ2v) is 7.04. The Morgan fingerprint density at radius 1 is 0.933 bits per heavy atom. The van der Waals surface area contributed by atoms with Gasteiger partial charge in [-0.15, -0.1) is 0 Å². The van der Waals surface area contributed by atoms with Crippen LogP contribution in [0.25, 0.3) is 10.8 Å². The molecule has 152 valence electrons. The van der Waals surface area contributed by atoms with Gasteiger partial charge in [-0.3, -0.25) is 14.4 Å². The minimum absolute atomic E-state index is 0.0478. The lowest BCUT2D eigenvalue weighted by Crippen LogP contribution is -2.22. The van der Waals surface area contributed by atoms with Crippen LogP contribution < -0.4 is 4.74 Å². The van der Waals surface area contributed by atoms with Crippen LogP contribution in [0, 0.1) is 0 Å². The monoisotopic (exact) mass is 406 g/mol. The molecule has 2 N–H and O–H groups in total. The third kappa shape index (κ3) is 2.70. The van der Waals surface area contributed by atoms with Crippen molar-refractivity contribution in [2.45, 2.75) is 20.0 Å². The normalized spacial score (nSPS) is 13.6. The van der Waals surface area contributed by atoms with Crippen molar-refractivity contribution in [2.75, 3.05) is 7.11 Å². The van der Waals surface area contributed by atoms with Crippen LogP contribution >= 0.6 is 0 Å². The fraction of sp³-hybridized carbons (Fsp3) is 0.174. The number of esters is 1. The minimum atomic E-state index is -0.607. The first kappa shape index (κ1) is 19.4. The average molecular weight is 406 g/mol. The van der Waals surface area contributed by atoms with E-state index in [9.17, 15) is 24.6 Å². The molecule has 7 heteroatoms. The Balaban J connectivity index is 1.99. The number of ketones is 2. The van der Waals surface area contributed by atoms with Gasteiger partial charge in [-0.25, -0.2) is 0 Å². The third-order valence-corrected chi connectivity index (χ3v) is 5.26. The molecular formula is C23H18O7. The molecule has 30 heavy (non-hydrogen) atoms. The van der Waals surface area contributed by atoms with Crippen LogP contribution in [-0.2, 0) is 9.53 Å². The van der Waals surface area contributed by atoms with Crippen molar-refractivity contribution < 1.29 is 34.1 Å². The fourth-order valence-corrected chi connectivity index (χ4v) is 3.87. The zero-order valence-electron chi connectivity index (χ0n) is 16.5. The Bertz CT molecular complexity index is 1260. The summed E-state index contributed by atoms with van der Waals surface area (Å²) in [4.78, 5) is 37.6. The molecule has 0 bridgehead atoms. The molecule has 1 aliphatic carbocycles. The molecule has 7 nitrogen and oxygen atoms in total. The van der Waals surface area contributed by atoms with E-state index in [0.29, 0.717) is 5.56 Å². The SMILES string of the molecule is COc1cccc2c1C(=O)c1c(c(O)c3cc([C@H](C)OC(C)=O)ccc3c1O)C2=O. The van der Waals surface area contributed by atoms with Crippen LogP contribution in [0.3, 0.4) is 0 Å². The van der Waals surface area contributed by atoms with E-state index in [1.165, 1.54) is 32.2 Å². The van der Waals surface area contributed by atoms with Crippen LogP contribution in [0.1, 0.15) is 57.4 Å². The quantitative estimate of drug-likeness (QED) is 0.395. The van der Waals surface area contributed by atoms with E-state index in [0.717, 1.165) is 0 Å². The molecule has 0 saturated heterocycles. The molecule has 1 atom stereocenters. The summed E-state index contributed by atoms with van der Waals surface area (Å²) >= 11 is 0. The maximum atomic E-state index is 13.2. The van der Waals surface area contributed by atoms with Crippen LogP contribution in [0.5, 0.6) is 17.2 Å². The van der Waals surface area contributed by atoms with Gasteiger partial charge in [-0.1, -0.05) is 24.3 Å². The third-order valence-electron chi connectivity index (χ3n) is 5.26. The summed E-state index contributed by atoms with van der Waals surface area (Å²) in [6.45, 7) is 2.95. The highest BCUT2D eigenvalue weighted by Crippen LogP contribution is 2.46. The number of phenols is 2. The molecule has 3 aromatic carbocycles. The predicted octanol–water partition coefficient (Wildman–Crippen LogP) is 3.66. The molecule has 3 aromatic rings. The van der Waals surface area contributed by atoms with Gasteiger partial charge < -0.3 is 19.7 Å². The lowest BCUT2D eigenvalue weighted by atomic mass is 9.80. The number of aromatic hydroxyl groups is 2. The van der Waals surface area contributed by atoms with Gasteiger partial charge >= 0.3 is 5.97 Å². The van der Waals surface area contributed by atoms with Crippen molar-refractivity contribution in [3.63, 3.8) is 0 Å². The molecule has 1 aliphatic rings. The number of hydrogen-bond donors (Lipinski definition) is 2. The molecule has 0 amide bonds. The van der Waals surface area contributed by atoms with E-state index in [1.54, 1.807) is 25.1 Å². The maximum absolute atomic E-state index is 13.2. The number of benzene rings is 3. The average Bonchev–Trinajstić information content (AvgIpc) is 2.73. The summed E-state index contributed by atoms with van der Waals surface area (Å²) in [5.74, 6) is -2.27. The van der Waals surface area contributed by atoms with Crippen molar-refractivity contribution in [2.24, 2.45) is 0 Å². The zero-order valence-corrected chi connectivity index (χ0v) is 16.5. The van der Waals surface area contributed by atoms with Gasteiger partial charge in [0.25, 0.3) is 0 Å². The number of ether oxygens (including phenoxy) is 2. The molecule has 0 aliphatic heterocycles. The smallest absolute Gasteiger partial charge is 0.303 e. The van der Waals surface area contributed by atoms with Crippen LogP contribution in [-0.4, -0.2) is 34.9 Å². The fourth-order valence-electron chi connectivity index (χ4n) is 3.87. The van der Waals surface area contributed by atoms with Crippen LogP contribution in [0.2, 0.25) is 0 Å². The van der Waals surface area contributed by atoms with Crippen molar-refractivity contribution >= 4 is 28.3 Å². The van der Waals surface area contributed by atoms with Gasteiger partial charge in [0.15, 0.2) is 5.78 Å². The number of hydrogen-bond acceptors (Lipinski definition) is 7. The molecule has 0 radical (unpaired) electrons. The molecule has 0 heterocycles. The number of carbonyl (C=O) groups is 3. The Labute approximate surface area is 171 Å². The zero-order chi connectivity index (χ0) is 21.7. The van der Waals surface area contributed by atoms with E-state index in [2.05, 4.69) is 0 Å². The summed E-state index contributed by atoms with van der Waals surface area (Å²) in [7, 11) is 1.38. The molecule has 0 unspecified atom stereocenters. The first-order valence-corrected chi connectivity index (χ1v) is 9.21. The molecule has 0 fully saturated rings. The van der Waals surface area contributed by atoms with Crippen molar-refractivity contribution in [1.82, 2.24) is 0 Å². The van der Waals surface area contributed by atoms with Gasteiger partial charge in [0.1, 0.15) is 23.4 Å². The van der Waals surface area contributed by atoms with Gasteiger partial charge in [0.05, 0.1) is 23.8 Å². The van der Waals surface area contributed by atoms with E-state index in [4.69, 9.17) is 9.47 Å². The van der Waals surface area contributed by atoms with Crippen LogP contribution in [0.15, 0.2) is 36.4 Å². The topological polar surface area (TPSA) is 110 Å². The van der Waals surface area contributed by atoms with Gasteiger partial charge in [-0.2, -0.15) is 0 Å². The lowest BCUT2D eigenvalue weighted by Gasteiger charge is -2.23. The van der Waals surface area contributed by atoms with Crippen molar-refractivity contribution in [3.8, 4) is 17.2 Å². The standard InChI is InChI=1S/C23H18O7/c1-10(30-11(2)24)12-7-8-13-15(9-12)22(27)18-19(20(13)25)23(28)17-14(21(18)26)5-4-6-16(17)29-3/h4-10,25,27H,1-3H3/t10-/m0/s1. The summed E-state index contributed by atoms with van der Waals surface area (Å²) in [6, 6.07) is 9.25. The molecule has 4 rings (SSSR count). The molecule has 0 aromatic heterocycles. The lowest BCUT2D eigenvalue weighted by molar-refractivity contribution is -0.145. The van der Waals surface area contributed by atoms with E-state index >= 15 is 0 Å². The first-order valence-electron chi connectivity index (χ1n) is 9.21. The molecular weight excluding hydrogens is 388 g/mol. The van der Waals surface area contributed by atoms with Gasteiger partial charge in [0, 0.05) is 23.3 Å². The van der Waals surface area contributed by atoms with Crippen LogP contribution in [0.4, 0.5) is 0 Å². The van der Waals surface area contributed by atoms with E-state index in [1.807, 2.05) is 0 Å². The summed E-state index contributed by atoms with van der Waals surface area (Å²) in [6.07, 6.45) is -0.605. The predicted molar refractivity (Wildman–Crippen MR) is 107 cm³/mol. The Hall–Kier alpha value is -3.87. The number of phenolic OH excluding ortho intramolecular Hbond substituents is 2. The summed E-state index contributed by atoms with van der Waals surface area (Å²) in [5.41, 5.74) is 0.173.